The molecule has 0 heterocycles. The first-order chi connectivity index (χ1) is 9.25. The quantitative estimate of drug-likeness (QED) is 0.578. The monoisotopic (exact) mass is 299 g/mol. The fraction of sp³-hybridized carbons (Fsp3) is 0.875. The molecule has 3 atom stereocenters. The minimum atomic E-state index is -3.18. The van der Waals surface area contributed by atoms with E-state index in [1.54, 1.807) is 0 Å². The van der Waals surface area contributed by atoms with Crippen molar-refractivity contribution in [2.24, 2.45) is 16.7 Å². The number of allylic oxidation sites excluding steroid dienone is 1. The molecular weight excluding hydrogens is 270 g/mol. The first-order valence-electron chi connectivity index (χ1n) is 7.85. The van der Waals surface area contributed by atoms with Gasteiger partial charge in [-0.1, -0.05) is 26.8 Å². The van der Waals surface area contributed by atoms with Gasteiger partial charge in [0, 0.05) is 6.54 Å². The zero-order valence-electron chi connectivity index (χ0n) is 13.1. The fourth-order valence-corrected chi connectivity index (χ4v) is 6.55. The Kier molecular flexibility index (Phi) is 4.37. The van der Waals surface area contributed by atoms with Crippen molar-refractivity contribution in [1.29, 1.82) is 0 Å². The summed E-state index contributed by atoms with van der Waals surface area (Å²) in [4.78, 5) is 0. The molecule has 2 rings (SSSR count). The van der Waals surface area contributed by atoms with Gasteiger partial charge < -0.3 is 0 Å². The Morgan fingerprint density at radius 2 is 2.00 bits per heavy atom. The Balaban J connectivity index is 1.99. The molecule has 2 aliphatic carbocycles. The fourth-order valence-electron chi connectivity index (χ4n) is 4.33. The maximum Gasteiger partial charge on any atom is 0.215 e. The molecule has 0 radical (unpaired) electrons. The van der Waals surface area contributed by atoms with Gasteiger partial charge in [0.15, 0.2) is 0 Å². The van der Waals surface area contributed by atoms with Crippen molar-refractivity contribution < 1.29 is 8.42 Å². The van der Waals surface area contributed by atoms with Crippen molar-refractivity contribution in [2.75, 3.05) is 6.54 Å². The van der Waals surface area contributed by atoms with E-state index >= 15 is 0 Å². The third kappa shape index (κ3) is 2.45. The lowest BCUT2D eigenvalue weighted by molar-refractivity contribution is 0.153. The average molecular weight is 299 g/mol. The van der Waals surface area contributed by atoms with Gasteiger partial charge in [0.25, 0.3) is 0 Å². The summed E-state index contributed by atoms with van der Waals surface area (Å²) in [5, 5.41) is -0.205. The minimum Gasteiger partial charge on any atom is -0.215 e. The van der Waals surface area contributed by atoms with Gasteiger partial charge in [-0.05, 0) is 55.3 Å². The molecule has 2 saturated carbocycles. The van der Waals surface area contributed by atoms with Crippen molar-refractivity contribution in [3.63, 3.8) is 0 Å². The highest BCUT2D eigenvalue weighted by atomic mass is 32.2. The molecule has 2 unspecified atom stereocenters. The van der Waals surface area contributed by atoms with Crippen LogP contribution in [-0.2, 0) is 10.0 Å². The largest absolute Gasteiger partial charge is 0.215 e. The Morgan fingerprint density at radius 3 is 2.50 bits per heavy atom. The first-order valence-corrected chi connectivity index (χ1v) is 9.40. The van der Waals surface area contributed by atoms with Gasteiger partial charge in [0.05, 0.1) is 5.25 Å². The maximum atomic E-state index is 12.6. The standard InChI is InChI=1S/C16H29NO2S/c1-5-6-7-8-11-17-20(18,19)14-12-13-9-10-16(14,4)15(13,2)3/h5,13-14,17H,1,6-12H2,2-4H3/t13?,14-,16?/m0/s1. The number of rotatable bonds is 7. The molecule has 0 aromatic carbocycles. The number of fused-ring (bicyclic) bond motifs is 2. The number of hydrogen-bond acceptors (Lipinski definition) is 2. The van der Waals surface area contributed by atoms with Gasteiger partial charge in [0.1, 0.15) is 0 Å². The molecule has 0 saturated heterocycles. The zero-order chi connectivity index (χ0) is 15.0. The third-order valence-corrected chi connectivity index (χ3v) is 8.30. The van der Waals surface area contributed by atoms with Gasteiger partial charge >= 0.3 is 0 Å². The van der Waals surface area contributed by atoms with E-state index in [1.807, 2.05) is 6.08 Å². The highest BCUT2D eigenvalue weighted by Gasteiger charge is 2.64. The van der Waals surface area contributed by atoms with E-state index in [0.29, 0.717) is 12.5 Å². The molecule has 4 heteroatoms. The molecule has 0 spiro atoms. The smallest absolute Gasteiger partial charge is 0.215 e. The summed E-state index contributed by atoms with van der Waals surface area (Å²) < 4.78 is 28.1. The lowest BCUT2D eigenvalue weighted by atomic mass is 9.71. The van der Waals surface area contributed by atoms with Crippen LogP contribution in [-0.4, -0.2) is 20.2 Å². The van der Waals surface area contributed by atoms with Crippen LogP contribution in [0.25, 0.3) is 0 Å². The van der Waals surface area contributed by atoms with Crippen LogP contribution in [0.2, 0.25) is 0 Å². The summed E-state index contributed by atoms with van der Waals surface area (Å²) >= 11 is 0. The second kappa shape index (κ2) is 5.45. The van der Waals surface area contributed by atoms with Crippen LogP contribution in [0.5, 0.6) is 0 Å². The molecule has 0 aromatic rings. The predicted octanol–water partition coefficient (Wildman–Crippen LogP) is 3.48. The summed E-state index contributed by atoms with van der Waals surface area (Å²) in [7, 11) is -3.18. The van der Waals surface area contributed by atoms with Crippen LogP contribution in [0.4, 0.5) is 0 Å². The second-order valence-corrected chi connectivity index (χ2v) is 9.27. The molecule has 116 valence electrons. The summed E-state index contributed by atoms with van der Waals surface area (Å²) in [6, 6.07) is 0. The molecule has 1 N–H and O–H groups in total. The summed E-state index contributed by atoms with van der Waals surface area (Å²) in [6.07, 6.45) is 7.81. The molecular formula is C16H29NO2S. The van der Waals surface area contributed by atoms with E-state index in [1.165, 1.54) is 6.42 Å². The summed E-state index contributed by atoms with van der Waals surface area (Å²) in [5.74, 6) is 0.565. The van der Waals surface area contributed by atoms with Crippen LogP contribution in [0.3, 0.4) is 0 Å². The highest BCUT2D eigenvalue weighted by Crippen LogP contribution is 2.66. The Labute approximate surface area is 124 Å². The lowest BCUT2D eigenvalue weighted by Crippen LogP contribution is -2.45. The van der Waals surface area contributed by atoms with Crippen LogP contribution >= 0.6 is 0 Å². The molecule has 3 nitrogen and oxygen atoms in total. The molecule has 0 amide bonds. The van der Waals surface area contributed by atoms with E-state index in [-0.39, 0.29) is 16.1 Å². The summed E-state index contributed by atoms with van der Waals surface area (Å²) in [5.41, 5.74) is 0.0832. The Morgan fingerprint density at radius 1 is 1.30 bits per heavy atom. The number of nitrogens with one attached hydrogen (secondary N) is 1. The van der Waals surface area contributed by atoms with Crippen molar-refractivity contribution in [3.05, 3.63) is 12.7 Å². The van der Waals surface area contributed by atoms with Crippen molar-refractivity contribution in [2.45, 2.75) is 64.5 Å². The maximum absolute atomic E-state index is 12.6. The van der Waals surface area contributed by atoms with Crippen molar-refractivity contribution in [1.82, 2.24) is 4.72 Å². The molecule has 20 heavy (non-hydrogen) atoms. The molecule has 0 aromatic heterocycles. The van der Waals surface area contributed by atoms with E-state index in [0.717, 1.165) is 32.1 Å². The first kappa shape index (κ1) is 16.0. The van der Waals surface area contributed by atoms with Gasteiger partial charge in [-0.3, -0.25) is 0 Å². The van der Waals surface area contributed by atoms with Crippen molar-refractivity contribution >= 4 is 10.0 Å². The van der Waals surface area contributed by atoms with E-state index < -0.39 is 10.0 Å². The Hall–Kier alpha value is -0.350. The van der Waals surface area contributed by atoms with Gasteiger partial charge in [0.2, 0.25) is 10.0 Å². The topological polar surface area (TPSA) is 46.2 Å². The van der Waals surface area contributed by atoms with Crippen LogP contribution in [0, 0.1) is 16.7 Å². The van der Waals surface area contributed by atoms with Crippen molar-refractivity contribution in [3.8, 4) is 0 Å². The van der Waals surface area contributed by atoms with Gasteiger partial charge in [-0.25, -0.2) is 13.1 Å². The number of unbranched alkanes of at least 4 members (excludes halogenated alkanes) is 2. The van der Waals surface area contributed by atoms with Gasteiger partial charge in [-0.15, -0.1) is 6.58 Å². The van der Waals surface area contributed by atoms with Crippen LogP contribution in [0.1, 0.15) is 59.3 Å². The SMILES string of the molecule is C=CCCCCNS(=O)(=O)[C@H]1CC2CCC1(C)C2(C)C. The zero-order valence-corrected chi connectivity index (χ0v) is 13.9. The third-order valence-electron chi connectivity index (χ3n) is 6.23. The van der Waals surface area contributed by atoms with E-state index in [2.05, 4.69) is 32.1 Å². The van der Waals surface area contributed by atoms with E-state index in [4.69, 9.17) is 0 Å². The van der Waals surface area contributed by atoms with Crippen LogP contribution < -0.4 is 4.72 Å². The molecule has 2 aliphatic rings. The minimum absolute atomic E-state index is 0.0649. The van der Waals surface area contributed by atoms with E-state index in [9.17, 15) is 8.42 Å². The lowest BCUT2D eigenvalue weighted by Gasteiger charge is -2.38. The Bertz CT molecular complexity index is 469. The predicted molar refractivity (Wildman–Crippen MR) is 84.0 cm³/mol. The summed E-state index contributed by atoms with van der Waals surface area (Å²) in [6.45, 7) is 10.9. The van der Waals surface area contributed by atoms with Gasteiger partial charge in [-0.2, -0.15) is 0 Å². The van der Waals surface area contributed by atoms with Crippen LogP contribution in [0.15, 0.2) is 12.7 Å². The molecule has 2 fully saturated rings. The highest BCUT2D eigenvalue weighted by molar-refractivity contribution is 7.90. The molecule has 0 aliphatic heterocycles. The average Bonchev–Trinajstić information content (AvgIpc) is 2.71. The normalized spacial score (nSPS) is 35.4. The number of sulfonamides is 1. The molecule has 2 bridgehead atoms. The number of hydrogen-bond donors (Lipinski definition) is 1. The second-order valence-electron chi connectivity index (χ2n) is 7.32.